The van der Waals surface area contributed by atoms with Gasteiger partial charge in [0.05, 0.1) is 10.7 Å². The molecule has 0 spiro atoms. The quantitative estimate of drug-likeness (QED) is 0.913. The number of likely N-dealkylation sites (tertiary alicyclic amines) is 1. The highest BCUT2D eigenvalue weighted by atomic mass is 35.5. The van der Waals surface area contributed by atoms with Crippen LogP contribution in [0.5, 0.6) is 0 Å². The van der Waals surface area contributed by atoms with Gasteiger partial charge >= 0.3 is 6.03 Å². The number of nitrogens with zero attached hydrogens (tertiary/aromatic N) is 2. The highest BCUT2D eigenvalue weighted by Crippen LogP contribution is 2.25. The fourth-order valence-electron chi connectivity index (χ4n) is 2.79. The standard InChI is InChI=1S/C16H21ClFN3O2/c1-3-20(4-2)15(22)14-6-5-9-21(14)16(23)19-13-10-11(18)7-8-12(13)17/h7-8,10,14H,3-6,9H2,1-2H3,(H,19,23)/t14-/m1/s1. The van der Waals surface area contributed by atoms with Crippen LogP contribution in [0, 0.1) is 5.82 Å². The summed E-state index contributed by atoms with van der Waals surface area (Å²) in [5.74, 6) is -0.533. The van der Waals surface area contributed by atoms with Crippen LogP contribution >= 0.6 is 11.6 Å². The molecule has 7 heteroatoms. The number of halogens is 2. The normalized spacial score (nSPS) is 17.2. The van der Waals surface area contributed by atoms with Crippen LogP contribution in [0.4, 0.5) is 14.9 Å². The summed E-state index contributed by atoms with van der Waals surface area (Å²) in [4.78, 5) is 28.2. The van der Waals surface area contributed by atoms with Crippen molar-refractivity contribution in [3.05, 3.63) is 29.0 Å². The van der Waals surface area contributed by atoms with Crippen molar-refractivity contribution in [1.82, 2.24) is 9.80 Å². The van der Waals surface area contributed by atoms with Gasteiger partial charge in [0.15, 0.2) is 0 Å². The Balaban J connectivity index is 2.11. The minimum atomic E-state index is -0.484. The molecule has 1 N–H and O–H groups in total. The number of nitrogens with one attached hydrogen (secondary N) is 1. The van der Waals surface area contributed by atoms with E-state index in [4.69, 9.17) is 11.6 Å². The summed E-state index contributed by atoms with van der Waals surface area (Å²) >= 11 is 5.97. The Kier molecular flexibility index (Phi) is 5.82. The lowest BCUT2D eigenvalue weighted by Gasteiger charge is -2.29. The van der Waals surface area contributed by atoms with E-state index in [0.29, 0.717) is 26.1 Å². The average Bonchev–Trinajstić information content (AvgIpc) is 3.01. The SMILES string of the molecule is CCN(CC)C(=O)[C@H]1CCCN1C(=O)Nc1cc(F)ccc1Cl. The molecule has 3 amide bonds. The molecule has 5 nitrogen and oxygen atoms in total. The van der Waals surface area contributed by atoms with E-state index in [1.165, 1.54) is 17.0 Å². The van der Waals surface area contributed by atoms with Crippen molar-refractivity contribution in [2.45, 2.75) is 32.7 Å². The topological polar surface area (TPSA) is 52.7 Å². The first-order valence-electron chi connectivity index (χ1n) is 7.79. The molecule has 1 aliphatic rings. The van der Waals surface area contributed by atoms with E-state index in [1.807, 2.05) is 13.8 Å². The molecule has 1 saturated heterocycles. The van der Waals surface area contributed by atoms with Crippen LogP contribution in [0.15, 0.2) is 18.2 Å². The zero-order chi connectivity index (χ0) is 17.0. The van der Waals surface area contributed by atoms with E-state index in [9.17, 15) is 14.0 Å². The second kappa shape index (κ2) is 7.64. The number of urea groups is 1. The maximum Gasteiger partial charge on any atom is 0.322 e. The maximum atomic E-state index is 13.3. The first kappa shape index (κ1) is 17.5. The molecule has 0 unspecified atom stereocenters. The highest BCUT2D eigenvalue weighted by molar-refractivity contribution is 6.33. The Morgan fingerprint density at radius 1 is 1.39 bits per heavy atom. The fraction of sp³-hybridized carbons (Fsp3) is 0.500. The molecular weight excluding hydrogens is 321 g/mol. The van der Waals surface area contributed by atoms with Gasteiger partial charge in [0.2, 0.25) is 5.91 Å². The molecule has 1 heterocycles. The van der Waals surface area contributed by atoms with Gasteiger partial charge in [-0.1, -0.05) is 11.6 Å². The molecule has 0 saturated carbocycles. The van der Waals surface area contributed by atoms with Gasteiger partial charge in [0, 0.05) is 19.6 Å². The number of likely N-dealkylation sites (N-methyl/N-ethyl adjacent to an activating group) is 1. The van der Waals surface area contributed by atoms with Gasteiger partial charge in [-0.15, -0.1) is 0 Å². The third kappa shape index (κ3) is 3.93. The number of hydrogen-bond donors (Lipinski definition) is 1. The van der Waals surface area contributed by atoms with Gasteiger partial charge in [0.1, 0.15) is 11.9 Å². The Morgan fingerprint density at radius 2 is 2.09 bits per heavy atom. The van der Waals surface area contributed by atoms with Gasteiger partial charge in [-0.2, -0.15) is 0 Å². The van der Waals surface area contributed by atoms with Crippen LogP contribution in [0.2, 0.25) is 5.02 Å². The largest absolute Gasteiger partial charge is 0.341 e. The van der Waals surface area contributed by atoms with E-state index < -0.39 is 17.9 Å². The first-order chi connectivity index (χ1) is 11.0. The second-order valence-electron chi connectivity index (χ2n) is 5.42. The van der Waals surface area contributed by atoms with Crippen molar-refractivity contribution in [3.63, 3.8) is 0 Å². The molecule has 23 heavy (non-hydrogen) atoms. The van der Waals surface area contributed by atoms with E-state index >= 15 is 0 Å². The first-order valence-corrected chi connectivity index (χ1v) is 8.17. The third-order valence-electron chi connectivity index (χ3n) is 4.04. The van der Waals surface area contributed by atoms with Crippen molar-refractivity contribution in [2.24, 2.45) is 0 Å². The molecule has 126 valence electrons. The van der Waals surface area contributed by atoms with Gasteiger partial charge in [-0.25, -0.2) is 9.18 Å². The zero-order valence-corrected chi connectivity index (χ0v) is 14.1. The smallest absolute Gasteiger partial charge is 0.322 e. The lowest BCUT2D eigenvalue weighted by atomic mass is 10.2. The number of carbonyl (C=O) groups is 2. The molecule has 1 fully saturated rings. The van der Waals surface area contributed by atoms with Crippen LogP contribution in [-0.4, -0.2) is 47.4 Å². The van der Waals surface area contributed by atoms with Crippen molar-refractivity contribution >= 4 is 29.2 Å². The van der Waals surface area contributed by atoms with E-state index in [-0.39, 0.29) is 16.6 Å². The molecule has 1 atom stereocenters. The molecule has 2 rings (SSSR count). The maximum absolute atomic E-state index is 13.3. The van der Waals surface area contributed by atoms with Crippen LogP contribution in [-0.2, 0) is 4.79 Å². The summed E-state index contributed by atoms with van der Waals surface area (Å²) in [5, 5.41) is 2.85. The Morgan fingerprint density at radius 3 is 2.74 bits per heavy atom. The minimum Gasteiger partial charge on any atom is -0.341 e. The van der Waals surface area contributed by atoms with Gasteiger partial charge in [-0.3, -0.25) is 4.79 Å². The monoisotopic (exact) mass is 341 g/mol. The molecule has 0 radical (unpaired) electrons. The Bertz CT molecular complexity index is 593. The lowest BCUT2D eigenvalue weighted by molar-refractivity contribution is -0.134. The van der Waals surface area contributed by atoms with Crippen LogP contribution < -0.4 is 5.32 Å². The molecular formula is C16H21ClFN3O2. The third-order valence-corrected chi connectivity index (χ3v) is 4.37. The Labute approximate surface area is 140 Å². The molecule has 1 aromatic carbocycles. The highest BCUT2D eigenvalue weighted by Gasteiger charge is 2.36. The fourth-order valence-corrected chi connectivity index (χ4v) is 2.96. The molecule has 1 aromatic rings. The predicted molar refractivity (Wildman–Crippen MR) is 88.1 cm³/mol. The van der Waals surface area contributed by atoms with E-state index in [0.717, 1.165) is 12.5 Å². The summed E-state index contributed by atoms with van der Waals surface area (Å²) in [6.45, 7) is 5.53. The second-order valence-corrected chi connectivity index (χ2v) is 5.82. The summed E-state index contributed by atoms with van der Waals surface area (Å²) in [5.41, 5.74) is 0.206. The van der Waals surface area contributed by atoms with E-state index in [2.05, 4.69) is 5.32 Å². The number of anilines is 1. The Hall–Kier alpha value is -1.82. The summed E-state index contributed by atoms with van der Waals surface area (Å²) in [6.07, 6.45) is 1.40. The summed E-state index contributed by atoms with van der Waals surface area (Å²) in [6, 6.07) is 2.87. The number of hydrogen-bond acceptors (Lipinski definition) is 2. The van der Waals surface area contributed by atoms with Crippen LogP contribution in [0.3, 0.4) is 0 Å². The summed E-state index contributed by atoms with van der Waals surface area (Å²) < 4.78 is 13.3. The average molecular weight is 342 g/mol. The predicted octanol–water partition coefficient (Wildman–Crippen LogP) is 3.34. The van der Waals surface area contributed by atoms with Gasteiger partial charge in [-0.05, 0) is 44.9 Å². The van der Waals surface area contributed by atoms with Crippen molar-refractivity contribution in [1.29, 1.82) is 0 Å². The number of amides is 3. The van der Waals surface area contributed by atoms with Crippen molar-refractivity contribution in [2.75, 3.05) is 25.0 Å². The van der Waals surface area contributed by atoms with E-state index in [1.54, 1.807) is 4.90 Å². The molecule has 0 aromatic heterocycles. The minimum absolute atomic E-state index is 0.0482. The summed E-state index contributed by atoms with van der Waals surface area (Å²) in [7, 11) is 0. The molecule has 1 aliphatic heterocycles. The van der Waals surface area contributed by atoms with Crippen molar-refractivity contribution in [3.8, 4) is 0 Å². The number of benzene rings is 1. The van der Waals surface area contributed by atoms with Crippen molar-refractivity contribution < 1.29 is 14.0 Å². The number of carbonyl (C=O) groups excluding carboxylic acids is 2. The van der Waals surface area contributed by atoms with Gasteiger partial charge in [0.25, 0.3) is 0 Å². The van der Waals surface area contributed by atoms with Gasteiger partial charge < -0.3 is 15.1 Å². The lowest BCUT2D eigenvalue weighted by Crippen LogP contribution is -2.49. The molecule has 0 aliphatic carbocycles. The molecule has 0 bridgehead atoms. The number of rotatable bonds is 4. The van der Waals surface area contributed by atoms with Crippen LogP contribution in [0.1, 0.15) is 26.7 Å². The van der Waals surface area contributed by atoms with Crippen LogP contribution in [0.25, 0.3) is 0 Å². The zero-order valence-electron chi connectivity index (χ0n) is 13.3.